The van der Waals surface area contributed by atoms with E-state index in [9.17, 15) is 9.59 Å². The molecule has 0 spiro atoms. The van der Waals surface area contributed by atoms with Crippen molar-refractivity contribution < 1.29 is 19.1 Å². The van der Waals surface area contributed by atoms with Crippen molar-refractivity contribution in [3.05, 3.63) is 142 Å². The topological polar surface area (TPSA) is 80.8 Å². The first-order chi connectivity index (χ1) is 25.3. The van der Waals surface area contributed by atoms with Crippen molar-refractivity contribution in [3.8, 4) is 11.5 Å². The highest BCUT2D eigenvalue weighted by atomic mass is 32.2. The summed E-state index contributed by atoms with van der Waals surface area (Å²) in [5.74, 6) is 2.27. The fourth-order valence-electron chi connectivity index (χ4n) is 7.16. The van der Waals surface area contributed by atoms with Gasteiger partial charge < -0.3 is 14.5 Å². The highest BCUT2D eigenvalue weighted by molar-refractivity contribution is 8.16. The van der Waals surface area contributed by atoms with Crippen LogP contribution >= 0.6 is 23.5 Å². The van der Waals surface area contributed by atoms with Crippen LogP contribution in [0.1, 0.15) is 51.8 Å². The van der Waals surface area contributed by atoms with Gasteiger partial charge in [-0.05, 0) is 102 Å². The first-order valence-corrected chi connectivity index (χ1v) is 19.4. The summed E-state index contributed by atoms with van der Waals surface area (Å²) in [6.45, 7) is 4.10. The van der Waals surface area contributed by atoms with Gasteiger partial charge in [0.1, 0.15) is 17.5 Å². The Bertz CT molecular complexity index is 2250. The normalized spacial score (nSPS) is 18.2. The van der Waals surface area contributed by atoms with Gasteiger partial charge in [0.05, 0.1) is 19.9 Å². The molecule has 0 amide bonds. The van der Waals surface area contributed by atoms with E-state index in [1.807, 2.05) is 48.9 Å². The summed E-state index contributed by atoms with van der Waals surface area (Å²) in [5.41, 5.74) is 12.7. The number of thioether (sulfide) groups is 2. The third kappa shape index (κ3) is 7.69. The first-order valence-electron chi connectivity index (χ1n) is 17.6. The van der Waals surface area contributed by atoms with Crippen LogP contribution in [-0.2, 0) is 22.4 Å². The summed E-state index contributed by atoms with van der Waals surface area (Å²) in [4.78, 5) is 33.1. The van der Waals surface area contributed by atoms with Gasteiger partial charge in [-0.25, -0.2) is 0 Å². The molecule has 4 aromatic carbocycles. The summed E-state index contributed by atoms with van der Waals surface area (Å²) >= 11 is 2.68. The first kappa shape index (κ1) is 35.6. The molecule has 0 bridgehead atoms. The smallest absolute Gasteiger partial charge is 0.214 e. The summed E-state index contributed by atoms with van der Waals surface area (Å²) in [6, 6.07) is 28.7. The molecule has 2 atom stereocenters. The Kier molecular flexibility index (Phi) is 10.8. The fraction of sp³-hybridized carbons (Fsp3) is 0.250. The molecule has 1 aromatic heterocycles. The Hall–Kier alpha value is -4.79. The van der Waals surface area contributed by atoms with Crippen molar-refractivity contribution in [1.82, 2.24) is 4.98 Å². The molecule has 8 rings (SSSR count). The number of allylic oxidation sites excluding steroid dienone is 2. The maximum absolute atomic E-state index is 12.5. The SMILES string of the molecule is COc1cc(C)ccc1C1=CSC(=O)[C@H](Cc2c[nH]c3ccccc23)C1.COc1cc(C)ccc1C1=N[C@@H](CC2=CCc3ccccc32)C(=O)SC1. The summed E-state index contributed by atoms with van der Waals surface area (Å²) < 4.78 is 11.1. The molecule has 0 saturated heterocycles. The number of rotatable bonds is 8. The van der Waals surface area contributed by atoms with Gasteiger partial charge in [-0.15, -0.1) is 0 Å². The van der Waals surface area contributed by atoms with E-state index in [-0.39, 0.29) is 22.2 Å². The Morgan fingerprint density at radius 2 is 1.52 bits per heavy atom. The third-order valence-electron chi connectivity index (χ3n) is 9.91. The zero-order valence-electron chi connectivity index (χ0n) is 29.9. The van der Waals surface area contributed by atoms with Crippen molar-refractivity contribution in [1.29, 1.82) is 0 Å². The molecule has 0 saturated carbocycles. The number of aryl methyl sites for hydroxylation is 2. The van der Waals surface area contributed by atoms with Gasteiger partial charge in [0.2, 0.25) is 5.12 Å². The molecule has 8 heteroatoms. The number of carbonyl (C=O) groups is 2. The summed E-state index contributed by atoms with van der Waals surface area (Å²) in [7, 11) is 3.38. The predicted molar refractivity (Wildman–Crippen MR) is 217 cm³/mol. The van der Waals surface area contributed by atoms with Crippen LogP contribution in [0.2, 0.25) is 0 Å². The Morgan fingerprint density at radius 1 is 0.808 bits per heavy atom. The van der Waals surface area contributed by atoms with Crippen molar-refractivity contribution in [2.75, 3.05) is 20.0 Å². The zero-order valence-corrected chi connectivity index (χ0v) is 31.5. The second-order valence-corrected chi connectivity index (χ2v) is 15.3. The van der Waals surface area contributed by atoms with E-state index in [2.05, 4.69) is 72.6 Å². The van der Waals surface area contributed by atoms with E-state index in [0.717, 1.165) is 58.7 Å². The van der Waals surface area contributed by atoms with E-state index in [0.29, 0.717) is 12.2 Å². The second kappa shape index (κ2) is 15.8. The van der Waals surface area contributed by atoms with Gasteiger partial charge in [0, 0.05) is 46.3 Å². The Morgan fingerprint density at radius 3 is 2.31 bits per heavy atom. The Labute approximate surface area is 313 Å². The van der Waals surface area contributed by atoms with Crippen LogP contribution < -0.4 is 9.47 Å². The van der Waals surface area contributed by atoms with Crippen molar-refractivity contribution in [2.24, 2.45) is 10.9 Å². The lowest BCUT2D eigenvalue weighted by atomic mass is 9.90. The van der Waals surface area contributed by atoms with E-state index in [1.165, 1.54) is 62.3 Å². The monoisotopic (exact) mass is 726 g/mol. The van der Waals surface area contributed by atoms with Crippen LogP contribution in [0.3, 0.4) is 0 Å². The Balaban J connectivity index is 0.000000162. The minimum absolute atomic E-state index is 0.0229. The van der Waals surface area contributed by atoms with Crippen LogP contribution in [0, 0.1) is 19.8 Å². The molecule has 3 heterocycles. The molecular weight excluding hydrogens is 685 g/mol. The quantitative estimate of drug-likeness (QED) is 0.172. The van der Waals surface area contributed by atoms with Gasteiger partial charge in [-0.2, -0.15) is 0 Å². The lowest BCUT2D eigenvalue weighted by Crippen LogP contribution is -2.26. The van der Waals surface area contributed by atoms with Crippen molar-refractivity contribution >= 4 is 61.5 Å². The van der Waals surface area contributed by atoms with Gasteiger partial charge in [-0.1, -0.05) is 90.3 Å². The van der Waals surface area contributed by atoms with Crippen LogP contribution in [-0.4, -0.2) is 46.9 Å². The van der Waals surface area contributed by atoms with E-state index in [4.69, 9.17) is 14.5 Å². The molecule has 1 N–H and O–H groups in total. The molecule has 264 valence electrons. The number of H-pyrrole nitrogens is 1. The van der Waals surface area contributed by atoms with Gasteiger partial charge in [0.15, 0.2) is 5.12 Å². The highest BCUT2D eigenvalue weighted by Crippen LogP contribution is 2.40. The molecule has 0 radical (unpaired) electrons. The molecule has 3 aliphatic rings. The number of aromatic nitrogens is 1. The number of nitrogens with zero attached hydrogens (tertiary/aromatic N) is 1. The largest absolute Gasteiger partial charge is 0.496 e. The van der Waals surface area contributed by atoms with Crippen molar-refractivity contribution in [3.63, 3.8) is 0 Å². The number of nitrogens with one attached hydrogen (secondary N) is 1. The highest BCUT2D eigenvalue weighted by Gasteiger charge is 2.29. The number of hydrogen-bond donors (Lipinski definition) is 1. The molecule has 1 aliphatic carbocycles. The maximum atomic E-state index is 12.5. The molecule has 0 fully saturated rings. The predicted octanol–water partition coefficient (Wildman–Crippen LogP) is 9.81. The maximum Gasteiger partial charge on any atom is 0.214 e. The van der Waals surface area contributed by atoms with Crippen LogP contribution in [0.15, 0.2) is 108 Å². The molecule has 6 nitrogen and oxygen atoms in total. The number of hydrogen-bond acceptors (Lipinski definition) is 7. The minimum atomic E-state index is -0.327. The number of aromatic amines is 1. The lowest BCUT2D eigenvalue weighted by Gasteiger charge is -2.22. The number of para-hydroxylation sites is 1. The van der Waals surface area contributed by atoms with Crippen molar-refractivity contribution in [2.45, 2.75) is 45.6 Å². The molecule has 52 heavy (non-hydrogen) atoms. The van der Waals surface area contributed by atoms with E-state index >= 15 is 0 Å². The third-order valence-corrected chi connectivity index (χ3v) is 11.9. The average Bonchev–Trinajstić information content (AvgIpc) is 3.77. The summed E-state index contributed by atoms with van der Waals surface area (Å²) in [5, 5.41) is 3.59. The summed E-state index contributed by atoms with van der Waals surface area (Å²) in [6.07, 6.45) is 7.38. The van der Waals surface area contributed by atoms with Crippen LogP contribution in [0.4, 0.5) is 0 Å². The van der Waals surface area contributed by atoms with Crippen LogP contribution in [0.5, 0.6) is 11.5 Å². The fourth-order valence-corrected chi connectivity index (χ4v) is 8.84. The molecule has 5 aromatic rings. The lowest BCUT2D eigenvalue weighted by molar-refractivity contribution is -0.114. The molecule has 2 aliphatic heterocycles. The number of ether oxygens (including phenoxy) is 2. The number of carbonyl (C=O) groups excluding carboxylic acids is 2. The minimum Gasteiger partial charge on any atom is -0.496 e. The molecular formula is C44H42N2O4S2. The standard InChI is InChI=1S/2C22H21NO2S/c1-14-7-10-18(21(11-14)25-2)20-13-26-22(24)19(23-20)12-16-9-8-15-5-3-4-6-17(15)16;1-14-7-8-19(21(9-14)25-2)17-11-15(22(24)26-13-17)10-16-12-23-20-6-4-3-5-18(16)20/h3-7,9-11,19H,8,12-13H2,1-2H3;3-9,12-13,15,23H,10-11H2,1-2H3/t19-;15-/m01/s1. The van der Waals surface area contributed by atoms with E-state index in [1.54, 1.807) is 14.2 Å². The van der Waals surface area contributed by atoms with Gasteiger partial charge >= 0.3 is 0 Å². The molecule has 0 unspecified atom stereocenters. The number of methoxy groups -OCH3 is 2. The van der Waals surface area contributed by atoms with E-state index < -0.39 is 0 Å². The number of fused-ring (bicyclic) bond motifs is 2. The average molecular weight is 727 g/mol. The van der Waals surface area contributed by atoms with Gasteiger partial charge in [-0.3, -0.25) is 14.6 Å². The second-order valence-electron chi connectivity index (χ2n) is 13.4. The zero-order chi connectivity index (χ0) is 36.2. The number of aliphatic imine (C=N–C) groups is 1. The van der Waals surface area contributed by atoms with Gasteiger partial charge in [0.25, 0.3) is 0 Å². The van der Waals surface area contributed by atoms with Crippen LogP contribution in [0.25, 0.3) is 22.0 Å². The number of benzene rings is 4.